The number of rotatable bonds is 3. The second-order valence-electron chi connectivity index (χ2n) is 6.13. The Bertz CT molecular complexity index is 994. The van der Waals surface area contributed by atoms with Gasteiger partial charge in [-0.2, -0.15) is 18.2 Å². The molecular formula is C16H12F3N5O2S. The first-order chi connectivity index (χ1) is 12.8. The Hall–Kier alpha value is -2.82. The highest BCUT2D eigenvalue weighted by molar-refractivity contribution is 7.07. The molecule has 1 aromatic carbocycles. The van der Waals surface area contributed by atoms with E-state index in [4.69, 9.17) is 4.52 Å². The summed E-state index contributed by atoms with van der Waals surface area (Å²) in [7, 11) is 0. The van der Waals surface area contributed by atoms with E-state index in [-0.39, 0.29) is 23.2 Å². The summed E-state index contributed by atoms with van der Waals surface area (Å²) in [5.41, 5.74) is 0.0248. The van der Waals surface area contributed by atoms with Crippen molar-refractivity contribution in [2.24, 2.45) is 0 Å². The lowest BCUT2D eigenvalue weighted by Crippen LogP contribution is -2.48. The van der Waals surface area contributed by atoms with Crippen molar-refractivity contribution < 1.29 is 22.5 Å². The van der Waals surface area contributed by atoms with E-state index in [0.29, 0.717) is 29.6 Å². The van der Waals surface area contributed by atoms with E-state index in [1.54, 1.807) is 11.8 Å². The number of halogens is 3. The molecule has 1 amide bonds. The van der Waals surface area contributed by atoms with Crippen LogP contribution in [0.2, 0.25) is 0 Å². The average molecular weight is 395 g/mol. The fraction of sp³-hybridized carbons (Fsp3) is 0.312. The van der Waals surface area contributed by atoms with E-state index in [2.05, 4.69) is 19.7 Å². The molecule has 7 nitrogen and oxygen atoms in total. The molecule has 27 heavy (non-hydrogen) atoms. The summed E-state index contributed by atoms with van der Waals surface area (Å²) in [5, 5.41) is 7.59. The summed E-state index contributed by atoms with van der Waals surface area (Å²) in [4.78, 5) is 18.6. The highest BCUT2D eigenvalue weighted by atomic mass is 32.1. The molecule has 1 aliphatic rings. The van der Waals surface area contributed by atoms with Gasteiger partial charge in [0.15, 0.2) is 0 Å². The number of aromatic nitrogens is 4. The number of alkyl halides is 3. The van der Waals surface area contributed by atoms with E-state index < -0.39 is 11.7 Å². The maximum atomic E-state index is 12.8. The third-order valence-electron chi connectivity index (χ3n) is 4.25. The number of benzene rings is 1. The Balaban J connectivity index is 1.46. The van der Waals surface area contributed by atoms with Gasteiger partial charge in [-0.25, -0.2) is 0 Å². The molecule has 4 rings (SSSR count). The smallest absolute Gasteiger partial charge is 0.339 e. The van der Waals surface area contributed by atoms with Crippen molar-refractivity contribution in [1.29, 1.82) is 0 Å². The van der Waals surface area contributed by atoms with Crippen molar-refractivity contribution in [1.82, 2.24) is 24.6 Å². The highest BCUT2D eigenvalue weighted by Crippen LogP contribution is 2.33. The third kappa shape index (κ3) is 3.29. The van der Waals surface area contributed by atoms with Crippen LogP contribution in [0.5, 0.6) is 0 Å². The van der Waals surface area contributed by atoms with Gasteiger partial charge in [0.1, 0.15) is 4.88 Å². The predicted octanol–water partition coefficient (Wildman–Crippen LogP) is 3.15. The summed E-state index contributed by atoms with van der Waals surface area (Å²) in [6.07, 6.45) is -4.44. The Morgan fingerprint density at radius 1 is 1.33 bits per heavy atom. The molecule has 11 heteroatoms. The SMILES string of the molecule is Cc1nnsc1C(=O)N1CC(c2nc(-c3cccc(C(F)(F)F)c3)no2)C1. The standard InChI is InChI=1S/C16H12F3N5O2S/c1-8-12(27-23-21-8)15(25)24-6-10(7-24)14-20-13(22-26-14)9-3-2-4-11(5-9)16(17,18)19/h2-5,10H,6-7H2,1H3. The number of carbonyl (C=O) groups is 1. The molecule has 0 N–H and O–H groups in total. The summed E-state index contributed by atoms with van der Waals surface area (Å²) < 4.78 is 47.4. The van der Waals surface area contributed by atoms with Gasteiger partial charge in [0.2, 0.25) is 11.7 Å². The van der Waals surface area contributed by atoms with Crippen LogP contribution in [0.1, 0.15) is 32.7 Å². The summed E-state index contributed by atoms with van der Waals surface area (Å²) in [5.74, 6) is 0.0764. The van der Waals surface area contributed by atoms with Gasteiger partial charge in [-0.3, -0.25) is 4.79 Å². The largest absolute Gasteiger partial charge is 0.416 e. The molecular weight excluding hydrogens is 383 g/mol. The van der Waals surface area contributed by atoms with E-state index in [0.717, 1.165) is 23.7 Å². The van der Waals surface area contributed by atoms with Crippen molar-refractivity contribution in [3.63, 3.8) is 0 Å². The second-order valence-corrected chi connectivity index (χ2v) is 6.88. The van der Waals surface area contributed by atoms with Crippen LogP contribution in [0.25, 0.3) is 11.4 Å². The molecule has 0 saturated carbocycles. The minimum atomic E-state index is -4.44. The first-order valence-corrected chi connectivity index (χ1v) is 8.69. The summed E-state index contributed by atoms with van der Waals surface area (Å²) in [6.45, 7) is 2.49. The highest BCUT2D eigenvalue weighted by Gasteiger charge is 2.37. The maximum absolute atomic E-state index is 12.8. The Kier molecular flexibility index (Phi) is 4.17. The fourth-order valence-corrected chi connectivity index (χ4v) is 3.35. The molecule has 0 aliphatic carbocycles. The Labute approximate surface area is 155 Å². The van der Waals surface area contributed by atoms with Crippen LogP contribution in [0.3, 0.4) is 0 Å². The van der Waals surface area contributed by atoms with Crippen molar-refractivity contribution in [3.05, 3.63) is 46.3 Å². The van der Waals surface area contributed by atoms with E-state index in [1.165, 1.54) is 12.1 Å². The number of aryl methyl sites for hydroxylation is 1. The van der Waals surface area contributed by atoms with Crippen LogP contribution in [-0.2, 0) is 6.18 Å². The molecule has 0 unspecified atom stereocenters. The van der Waals surface area contributed by atoms with Crippen molar-refractivity contribution >= 4 is 17.4 Å². The zero-order valence-corrected chi connectivity index (χ0v) is 14.7. The number of hydrogen-bond donors (Lipinski definition) is 0. The molecule has 0 spiro atoms. The zero-order valence-electron chi connectivity index (χ0n) is 13.9. The van der Waals surface area contributed by atoms with E-state index in [1.807, 2.05) is 0 Å². The molecule has 1 saturated heterocycles. The number of nitrogens with zero attached hydrogens (tertiary/aromatic N) is 5. The van der Waals surface area contributed by atoms with Gasteiger partial charge >= 0.3 is 6.18 Å². The number of likely N-dealkylation sites (tertiary alicyclic amines) is 1. The lowest BCUT2D eigenvalue weighted by Gasteiger charge is -2.36. The number of hydrogen-bond acceptors (Lipinski definition) is 7. The fourth-order valence-electron chi connectivity index (χ4n) is 2.72. The van der Waals surface area contributed by atoms with E-state index in [9.17, 15) is 18.0 Å². The predicted molar refractivity (Wildman–Crippen MR) is 88.0 cm³/mol. The number of carbonyl (C=O) groups excluding carboxylic acids is 1. The van der Waals surface area contributed by atoms with Gasteiger partial charge in [-0.15, -0.1) is 5.10 Å². The molecule has 0 atom stereocenters. The monoisotopic (exact) mass is 395 g/mol. The van der Waals surface area contributed by atoms with Crippen LogP contribution in [0.15, 0.2) is 28.8 Å². The molecule has 3 heterocycles. The molecule has 0 radical (unpaired) electrons. The Morgan fingerprint density at radius 3 is 2.78 bits per heavy atom. The molecule has 1 aliphatic heterocycles. The topological polar surface area (TPSA) is 85.0 Å². The van der Waals surface area contributed by atoms with Gasteiger partial charge in [0.25, 0.3) is 5.91 Å². The minimum Gasteiger partial charge on any atom is -0.339 e. The van der Waals surface area contributed by atoms with Gasteiger partial charge in [0, 0.05) is 18.7 Å². The first kappa shape index (κ1) is 17.6. The quantitative estimate of drug-likeness (QED) is 0.677. The van der Waals surface area contributed by atoms with Crippen LogP contribution < -0.4 is 0 Å². The van der Waals surface area contributed by atoms with Gasteiger partial charge < -0.3 is 9.42 Å². The van der Waals surface area contributed by atoms with E-state index >= 15 is 0 Å². The summed E-state index contributed by atoms with van der Waals surface area (Å²) in [6, 6.07) is 4.74. The van der Waals surface area contributed by atoms with Crippen molar-refractivity contribution in [3.8, 4) is 11.4 Å². The molecule has 140 valence electrons. The zero-order chi connectivity index (χ0) is 19.2. The van der Waals surface area contributed by atoms with Crippen molar-refractivity contribution in [2.75, 3.05) is 13.1 Å². The lowest BCUT2D eigenvalue weighted by atomic mass is 9.99. The van der Waals surface area contributed by atoms with Gasteiger partial charge in [-0.05, 0) is 30.6 Å². The van der Waals surface area contributed by atoms with Crippen LogP contribution in [0, 0.1) is 6.92 Å². The molecule has 2 aromatic heterocycles. The molecule has 3 aromatic rings. The van der Waals surface area contributed by atoms with Gasteiger partial charge in [0.05, 0.1) is 17.2 Å². The molecule has 0 bridgehead atoms. The van der Waals surface area contributed by atoms with Crippen LogP contribution in [0.4, 0.5) is 13.2 Å². The maximum Gasteiger partial charge on any atom is 0.416 e. The number of amides is 1. The normalized spacial score (nSPS) is 15.0. The lowest BCUT2D eigenvalue weighted by molar-refractivity contribution is -0.137. The average Bonchev–Trinajstić information content (AvgIpc) is 3.22. The van der Waals surface area contributed by atoms with Crippen molar-refractivity contribution in [2.45, 2.75) is 19.0 Å². The minimum absolute atomic E-state index is 0.0865. The Morgan fingerprint density at radius 2 is 2.11 bits per heavy atom. The summed E-state index contributed by atoms with van der Waals surface area (Å²) >= 11 is 1.04. The molecule has 1 fully saturated rings. The van der Waals surface area contributed by atoms with Gasteiger partial charge in [-0.1, -0.05) is 21.8 Å². The first-order valence-electron chi connectivity index (χ1n) is 7.92. The van der Waals surface area contributed by atoms with Crippen LogP contribution in [-0.4, -0.2) is 43.6 Å². The second kappa shape index (κ2) is 6.41. The van der Waals surface area contributed by atoms with Crippen LogP contribution >= 0.6 is 11.5 Å². The third-order valence-corrected chi connectivity index (χ3v) is 5.07.